The zero-order chi connectivity index (χ0) is 21.0. The van der Waals surface area contributed by atoms with Gasteiger partial charge < -0.3 is 24.4 Å². The van der Waals surface area contributed by atoms with Gasteiger partial charge in [0.25, 0.3) is 11.8 Å². The molecule has 3 rings (SSSR count). The standard InChI is InChI=1S/C20H21N3O6/c1-28-16-4-3-13(12-17(16)29-2)18(24)22-7-9-23(10-8-22)19(25)15-11-14(20(26)27)5-6-21-15/h3-6,11-12H,7-10H2,1-2H3,(H,26,27). The largest absolute Gasteiger partial charge is 0.493 e. The van der Waals surface area contributed by atoms with E-state index in [4.69, 9.17) is 14.6 Å². The molecule has 1 aromatic carbocycles. The van der Waals surface area contributed by atoms with Crippen molar-refractivity contribution in [1.82, 2.24) is 14.8 Å². The first kappa shape index (κ1) is 20.1. The highest BCUT2D eigenvalue weighted by Crippen LogP contribution is 2.28. The highest BCUT2D eigenvalue weighted by Gasteiger charge is 2.27. The number of ether oxygens (including phenoxy) is 2. The highest BCUT2D eigenvalue weighted by molar-refractivity contribution is 5.97. The van der Waals surface area contributed by atoms with E-state index in [2.05, 4.69) is 4.98 Å². The predicted octanol–water partition coefficient (Wildman–Crippen LogP) is 1.40. The van der Waals surface area contributed by atoms with Crippen molar-refractivity contribution in [3.63, 3.8) is 0 Å². The van der Waals surface area contributed by atoms with Crippen molar-refractivity contribution < 1.29 is 29.0 Å². The average Bonchev–Trinajstić information content (AvgIpc) is 2.77. The number of carboxylic acid groups (broad SMARTS) is 1. The van der Waals surface area contributed by atoms with Crippen molar-refractivity contribution in [2.24, 2.45) is 0 Å². The van der Waals surface area contributed by atoms with Crippen LogP contribution in [0.1, 0.15) is 31.2 Å². The molecule has 152 valence electrons. The Hall–Kier alpha value is -3.62. The second kappa shape index (κ2) is 8.59. The summed E-state index contributed by atoms with van der Waals surface area (Å²) in [6.07, 6.45) is 1.30. The molecule has 0 atom stereocenters. The van der Waals surface area contributed by atoms with Crippen molar-refractivity contribution in [2.75, 3.05) is 40.4 Å². The molecule has 0 bridgehead atoms. The van der Waals surface area contributed by atoms with Gasteiger partial charge in [-0.2, -0.15) is 0 Å². The first-order valence-electron chi connectivity index (χ1n) is 8.94. The quantitative estimate of drug-likeness (QED) is 0.809. The van der Waals surface area contributed by atoms with Crippen molar-refractivity contribution in [3.05, 3.63) is 53.3 Å². The molecule has 0 radical (unpaired) electrons. The number of carboxylic acids is 1. The maximum absolute atomic E-state index is 12.8. The second-order valence-electron chi connectivity index (χ2n) is 6.39. The lowest BCUT2D eigenvalue weighted by atomic mass is 10.1. The molecule has 0 saturated carbocycles. The van der Waals surface area contributed by atoms with Gasteiger partial charge in [0, 0.05) is 37.9 Å². The van der Waals surface area contributed by atoms with Crippen molar-refractivity contribution in [1.29, 1.82) is 0 Å². The van der Waals surface area contributed by atoms with Crippen LogP contribution in [-0.2, 0) is 0 Å². The van der Waals surface area contributed by atoms with Crippen LogP contribution in [0, 0.1) is 0 Å². The number of aromatic carboxylic acids is 1. The number of methoxy groups -OCH3 is 2. The topological polar surface area (TPSA) is 109 Å². The second-order valence-corrected chi connectivity index (χ2v) is 6.39. The van der Waals surface area contributed by atoms with Crippen molar-refractivity contribution in [2.45, 2.75) is 0 Å². The fourth-order valence-corrected chi connectivity index (χ4v) is 3.11. The molecule has 0 spiro atoms. The molecule has 1 aliphatic rings. The first-order valence-corrected chi connectivity index (χ1v) is 8.94. The Labute approximate surface area is 167 Å². The van der Waals surface area contributed by atoms with Gasteiger partial charge >= 0.3 is 5.97 Å². The van der Waals surface area contributed by atoms with E-state index in [1.807, 2.05) is 0 Å². The third-order valence-corrected chi connectivity index (χ3v) is 4.71. The molecule has 9 nitrogen and oxygen atoms in total. The number of carbonyl (C=O) groups excluding carboxylic acids is 2. The number of amides is 2. The molecule has 1 N–H and O–H groups in total. The van der Waals surface area contributed by atoms with Gasteiger partial charge in [0.05, 0.1) is 19.8 Å². The van der Waals surface area contributed by atoms with Crippen LogP contribution >= 0.6 is 0 Å². The number of benzene rings is 1. The summed E-state index contributed by atoms with van der Waals surface area (Å²) >= 11 is 0. The maximum atomic E-state index is 12.8. The molecule has 0 aliphatic carbocycles. The molecular formula is C20H21N3O6. The monoisotopic (exact) mass is 399 g/mol. The number of aromatic nitrogens is 1. The summed E-state index contributed by atoms with van der Waals surface area (Å²) in [6.45, 7) is 1.38. The molecular weight excluding hydrogens is 378 g/mol. The Morgan fingerprint density at radius 2 is 1.48 bits per heavy atom. The van der Waals surface area contributed by atoms with Gasteiger partial charge in [0.1, 0.15) is 5.69 Å². The number of hydrogen-bond acceptors (Lipinski definition) is 6. The smallest absolute Gasteiger partial charge is 0.335 e. The third kappa shape index (κ3) is 4.29. The highest BCUT2D eigenvalue weighted by atomic mass is 16.5. The third-order valence-electron chi connectivity index (χ3n) is 4.71. The van der Waals surface area contributed by atoms with Gasteiger partial charge in [-0.3, -0.25) is 14.6 Å². The summed E-state index contributed by atoms with van der Waals surface area (Å²) in [5.74, 6) is -0.630. The number of piperazine rings is 1. The Balaban J connectivity index is 1.66. The zero-order valence-electron chi connectivity index (χ0n) is 16.1. The summed E-state index contributed by atoms with van der Waals surface area (Å²) in [7, 11) is 3.03. The van der Waals surface area contributed by atoms with Crippen LogP contribution in [0.5, 0.6) is 11.5 Å². The minimum Gasteiger partial charge on any atom is -0.493 e. The van der Waals surface area contributed by atoms with Crippen LogP contribution in [0.4, 0.5) is 0 Å². The van der Waals surface area contributed by atoms with Crippen molar-refractivity contribution >= 4 is 17.8 Å². The van der Waals surface area contributed by atoms with Crippen molar-refractivity contribution in [3.8, 4) is 11.5 Å². The molecule has 1 saturated heterocycles. The zero-order valence-corrected chi connectivity index (χ0v) is 16.1. The van der Waals surface area contributed by atoms with E-state index in [9.17, 15) is 14.4 Å². The van der Waals surface area contributed by atoms with Gasteiger partial charge in [0.2, 0.25) is 0 Å². The molecule has 9 heteroatoms. The van der Waals surface area contributed by atoms with Gasteiger partial charge in [-0.05, 0) is 30.3 Å². The van der Waals surface area contributed by atoms with Crippen LogP contribution in [0.2, 0.25) is 0 Å². The molecule has 0 unspecified atom stereocenters. The Bertz CT molecular complexity index is 938. The molecule has 2 aromatic rings. The van der Waals surface area contributed by atoms with E-state index in [0.29, 0.717) is 43.2 Å². The van der Waals surface area contributed by atoms with E-state index >= 15 is 0 Å². The predicted molar refractivity (Wildman–Crippen MR) is 103 cm³/mol. The number of hydrogen-bond donors (Lipinski definition) is 1. The first-order chi connectivity index (χ1) is 13.9. The van der Waals surface area contributed by atoms with Gasteiger partial charge in [-0.15, -0.1) is 0 Å². The normalized spacial score (nSPS) is 13.7. The SMILES string of the molecule is COc1ccc(C(=O)N2CCN(C(=O)c3cc(C(=O)O)ccn3)CC2)cc1OC. The number of pyridine rings is 1. The summed E-state index contributed by atoms with van der Waals surface area (Å²) < 4.78 is 10.4. The minimum atomic E-state index is -1.12. The van der Waals surface area contributed by atoms with Crippen LogP contribution < -0.4 is 9.47 Å². The molecule has 1 aromatic heterocycles. The Morgan fingerprint density at radius 1 is 0.862 bits per heavy atom. The summed E-state index contributed by atoms with van der Waals surface area (Å²) in [4.78, 5) is 43.7. The number of rotatable bonds is 5. The fraction of sp³-hybridized carbons (Fsp3) is 0.300. The molecule has 1 aliphatic heterocycles. The molecule has 29 heavy (non-hydrogen) atoms. The Kier molecular flexibility index (Phi) is 5.96. The van der Waals surface area contributed by atoms with Gasteiger partial charge in [-0.25, -0.2) is 4.79 Å². The summed E-state index contributed by atoms with van der Waals surface area (Å²) in [5, 5.41) is 9.06. The van der Waals surface area contributed by atoms with Crippen LogP contribution in [0.3, 0.4) is 0 Å². The van der Waals surface area contributed by atoms with E-state index in [0.717, 1.165) is 0 Å². The van der Waals surface area contributed by atoms with Gasteiger partial charge in [0.15, 0.2) is 11.5 Å². The number of carbonyl (C=O) groups is 3. The number of nitrogens with zero attached hydrogens (tertiary/aromatic N) is 3. The summed E-state index contributed by atoms with van der Waals surface area (Å²) in [5.41, 5.74) is 0.549. The summed E-state index contributed by atoms with van der Waals surface area (Å²) in [6, 6.07) is 7.56. The molecule has 1 fully saturated rings. The molecule has 2 amide bonds. The van der Waals surface area contributed by atoms with E-state index < -0.39 is 5.97 Å². The van der Waals surface area contributed by atoms with E-state index in [1.54, 1.807) is 28.0 Å². The Morgan fingerprint density at radius 3 is 2.07 bits per heavy atom. The van der Waals surface area contributed by atoms with E-state index in [1.165, 1.54) is 32.5 Å². The van der Waals surface area contributed by atoms with Crippen LogP contribution in [0.25, 0.3) is 0 Å². The minimum absolute atomic E-state index is 0.00520. The maximum Gasteiger partial charge on any atom is 0.335 e. The molecule has 2 heterocycles. The van der Waals surface area contributed by atoms with Crippen LogP contribution in [-0.4, -0.2) is 78.1 Å². The lowest BCUT2D eigenvalue weighted by Gasteiger charge is -2.34. The lowest BCUT2D eigenvalue weighted by Crippen LogP contribution is -2.50. The van der Waals surface area contributed by atoms with Crippen LogP contribution in [0.15, 0.2) is 36.5 Å². The lowest BCUT2D eigenvalue weighted by molar-refractivity contribution is 0.0532. The fourth-order valence-electron chi connectivity index (χ4n) is 3.11. The van der Waals surface area contributed by atoms with Gasteiger partial charge in [-0.1, -0.05) is 0 Å². The van der Waals surface area contributed by atoms with E-state index in [-0.39, 0.29) is 23.1 Å². The average molecular weight is 399 g/mol.